The van der Waals surface area contributed by atoms with Gasteiger partial charge in [-0.05, 0) is 47.0 Å². The zero-order valence-electron chi connectivity index (χ0n) is 29.1. The molecule has 1 aliphatic rings. The third kappa shape index (κ3) is 5.59. The molecule has 0 aliphatic carbocycles. The molecule has 9 heteroatoms. The number of benzene rings is 3. The number of nitrogens with zero attached hydrogens (tertiary/aromatic N) is 3. The second-order valence-corrected chi connectivity index (χ2v) is 18.8. The molecule has 1 aliphatic heterocycles. The predicted molar refractivity (Wildman–Crippen MR) is 195 cm³/mol. The van der Waals surface area contributed by atoms with Crippen LogP contribution < -0.4 is 10.1 Å². The smallest absolute Gasteiger partial charge is 0.217 e. The van der Waals surface area contributed by atoms with Crippen molar-refractivity contribution in [2.45, 2.75) is 63.2 Å². The van der Waals surface area contributed by atoms with E-state index in [1.54, 1.807) is 11.7 Å². The van der Waals surface area contributed by atoms with E-state index in [9.17, 15) is 0 Å². The van der Waals surface area contributed by atoms with Crippen molar-refractivity contribution in [1.29, 1.82) is 0 Å². The normalized spacial score (nSPS) is 19.8. The lowest BCUT2D eigenvalue weighted by molar-refractivity contribution is -0.0328. The van der Waals surface area contributed by atoms with Crippen LogP contribution in [0, 0.1) is 24.1 Å². The van der Waals surface area contributed by atoms with E-state index in [2.05, 4.69) is 61.6 Å². The molecule has 5 aromatic rings. The first-order valence-corrected chi connectivity index (χ1v) is 19.3. The second-order valence-electron chi connectivity index (χ2n) is 14.1. The summed E-state index contributed by atoms with van der Waals surface area (Å²) in [7, 11) is -0.822. The van der Waals surface area contributed by atoms with Gasteiger partial charge in [-0.1, -0.05) is 113 Å². The summed E-state index contributed by atoms with van der Waals surface area (Å²) in [6.45, 7) is 16.8. The number of rotatable bonds is 9. The summed E-state index contributed by atoms with van der Waals surface area (Å²) in [6, 6.07) is 27.9. The lowest BCUT2D eigenvalue weighted by Crippen LogP contribution is -2.53. The maximum atomic E-state index is 16.6. The molecule has 1 fully saturated rings. The lowest BCUT2D eigenvalue weighted by atomic mass is 9.77. The number of hydrogen-bond donors (Lipinski definition) is 1. The Balaban J connectivity index is 1.56. The molecule has 0 amide bonds. The van der Waals surface area contributed by atoms with Crippen molar-refractivity contribution in [2.75, 3.05) is 12.4 Å². The van der Waals surface area contributed by atoms with Gasteiger partial charge in [-0.2, -0.15) is 0 Å². The predicted octanol–water partition coefficient (Wildman–Crippen LogP) is 9.06. The minimum Gasteiger partial charge on any atom is -0.497 e. The molecule has 0 saturated carbocycles. The largest absolute Gasteiger partial charge is 0.497 e. The van der Waals surface area contributed by atoms with Crippen molar-refractivity contribution in [2.24, 2.45) is 5.92 Å². The molecule has 1 saturated heterocycles. The Labute approximate surface area is 289 Å². The van der Waals surface area contributed by atoms with Crippen LogP contribution in [0.3, 0.4) is 0 Å². The fourth-order valence-electron chi connectivity index (χ4n) is 6.41. The average Bonchev–Trinajstić information content (AvgIpc) is 3.56. The maximum absolute atomic E-state index is 16.6. The summed E-state index contributed by atoms with van der Waals surface area (Å²) in [5, 5.41) is 3.76. The Hall–Kier alpha value is -4.91. The molecule has 3 heterocycles. The standard InChI is InChI=1S/C40H43FN4O3Si/c1-10-39(48-49(8,9)38(4,5)6)27(2)28(3)47-37(39)45-25-33(41)34-35(42-26-43-36(34)45)44-40(29-17-13-11-14-18-29,30-19-15-12-16-20-30)31-21-23-32(46-7)24-22-31/h1,11-27,37H,3H2,2,4-9H3,(H,42,43,44)/t27-,37-,39-/m1/s1. The van der Waals surface area contributed by atoms with Crippen molar-refractivity contribution in [3.05, 3.63) is 132 Å². The Morgan fingerprint density at radius 3 is 2.06 bits per heavy atom. The molecule has 0 bridgehead atoms. The summed E-state index contributed by atoms with van der Waals surface area (Å²) in [5.74, 6) is 3.54. The van der Waals surface area contributed by atoms with Gasteiger partial charge in [-0.15, -0.1) is 6.42 Å². The first-order valence-electron chi connectivity index (χ1n) is 16.4. The van der Waals surface area contributed by atoms with Gasteiger partial charge in [0, 0.05) is 6.20 Å². The monoisotopic (exact) mass is 674 g/mol. The summed E-state index contributed by atoms with van der Waals surface area (Å²) >= 11 is 0. The van der Waals surface area contributed by atoms with E-state index in [0.29, 0.717) is 17.2 Å². The van der Waals surface area contributed by atoms with Crippen LogP contribution >= 0.6 is 0 Å². The number of aromatic nitrogens is 3. The molecule has 3 aromatic carbocycles. The number of fused-ring (bicyclic) bond motifs is 1. The third-order valence-corrected chi connectivity index (χ3v) is 14.7. The van der Waals surface area contributed by atoms with Gasteiger partial charge in [0.05, 0.1) is 24.2 Å². The van der Waals surface area contributed by atoms with Crippen LogP contribution in [0.5, 0.6) is 5.75 Å². The van der Waals surface area contributed by atoms with Gasteiger partial charge < -0.3 is 19.2 Å². The van der Waals surface area contributed by atoms with Crippen molar-refractivity contribution < 1.29 is 18.3 Å². The van der Waals surface area contributed by atoms with Crippen molar-refractivity contribution >= 4 is 25.2 Å². The van der Waals surface area contributed by atoms with Gasteiger partial charge in [0.25, 0.3) is 0 Å². The molecule has 252 valence electrons. The minimum absolute atomic E-state index is 0.145. The lowest BCUT2D eigenvalue weighted by Gasteiger charge is -2.44. The highest BCUT2D eigenvalue weighted by Gasteiger charge is 2.58. The minimum atomic E-state index is -2.46. The van der Waals surface area contributed by atoms with Gasteiger partial charge in [-0.3, -0.25) is 4.57 Å². The second kappa shape index (κ2) is 12.5. The average molecular weight is 675 g/mol. The fourth-order valence-corrected chi connectivity index (χ4v) is 7.90. The highest BCUT2D eigenvalue weighted by molar-refractivity contribution is 6.74. The zero-order valence-corrected chi connectivity index (χ0v) is 30.1. The molecule has 3 atom stereocenters. The Kier molecular flexibility index (Phi) is 8.68. The van der Waals surface area contributed by atoms with Crippen LogP contribution in [0.4, 0.5) is 10.2 Å². The van der Waals surface area contributed by atoms with E-state index in [4.69, 9.17) is 20.3 Å². The Morgan fingerprint density at radius 1 is 0.959 bits per heavy atom. The number of hydrogen-bond acceptors (Lipinski definition) is 6. The Morgan fingerprint density at radius 2 is 1.53 bits per heavy atom. The molecule has 1 N–H and O–H groups in total. The van der Waals surface area contributed by atoms with Crippen molar-refractivity contribution in [3.8, 4) is 18.1 Å². The highest BCUT2D eigenvalue weighted by Crippen LogP contribution is 2.52. The van der Waals surface area contributed by atoms with E-state index in [-0.39, 0.29) is 16.3 Å². The summed E-state index contributed by atoms with van der Waals surface area (Å²) < 4.78 is 37.1. The van der Waals surface area contributed by atoms with Crippen LogP contribution in [0.15, 0.2) is 110 Å². The van der Waals surface area contributed by atoms with E-state index >= 15 is 4.39 Å². The topological polar surface area (TPSA) is 70.4 Å². The van der Waals surface area contributed by atoms with Gasteiger partial charge in [0.2, 0.25) is 6.23 Å². The van der Waals surface area contributed by atoms with Gasteiger partial charge in [0.15, 0.2) is 25.4 Å². The van der Waals surface area contributed by atoms with Gasteiger partial charge in [0.1, 0.15) is 23.4 Å². The summed E-state index contributed by atoms with van der Waals surface area (Å²) in [6.07, 6.45) is 8.23. The molecular weight excluding hydrogens is 632 g/mol. The quantitative estimate of drug-likeness (QED) is 0.0956. The van der Waals surface area contributed by atoms with E-state index < -0.39 is 31.5 Å². The van der Waals surface area contributed by atoms with Crippen LogP contribution in [0.25, 0.3) is 11.0 Å². The first kappa shape index (κ1) is 34.0. The summed E-state index contributed by atoms with van der Waals surface area (Å²) in [4.78, 5) is 9.26. The maximum Gasteiger partial charge on any atom is 0.217 e. The molecule has 6 rings (SSSR count). The van der Waals surface area contributed by atoms with Crippen molar-refractivity contribution in [3.63, 3.8) is 0 Å². The molecule has 49 heavy (non-hydrogen) atoms. The number of nitrogens with one attached hydrogen (secondary N) is 1. The van der Waals surface area contributed by atoms with Crippen LogP contribution in [-0.2, 0) is 14.7 Å². The first-order chi connectivity index (χ1) is 23.3. The zero-order chi connectivity index (χ0) is 35.2. The molecule has 0 unspecified atom stereocenters. The molecule has 2 aromatic heterocycles. The van der Waals surface area contributed by atoms with Crippen LogP contribution in [0.2, 0.25) is 18.1 Å². The van der Waals surface area contributed by atoms with Crippen LogP contribution in [0.1, 0.15) is 50.6 Å². The molecular formula is C40H43FN4O3Si. The van der Waals surface area contributed by atoms with Gasteiger partial charge in [-0.25, -0.2) is 14.4 Å². The molecule has 0 spiro atoms. The number of ether oxygens (including phenoxy) is 2. The number of methoxy groups -OCH3 is 1. The number of terminal acetylenes is 1. The highest BCUT2D eigenvalue weighted by atomic mass is 28.4. The summed E-state index contributed by atoms with van der Waals surface area (Å²) in [5.41, 5.74) is 0.817. The SMILES string of the molecule is C#C[C@@]1(O[Si](C)(C)C(C)(C)C)[C@H](C)C(=C)O[C@H]1n1cc(F)c2c(NC(c3ccccc3)(c3ccccc3)c3ccc(OC)cc3)ncnc21. The molecule has 7 nitrogen and oxygen atoms in total. The third-order valence-electron chi connectivity index (χ3n) is 10.3. The van der Waals surface area contributed by atoms with E-state index in [0.717, 1.165) is 22.4 Å². The fraction of sp³-hybridized carbons (Fsp3) is 0.300. The molecule has 0 radical (unpaired) electrons. The van der Waals surface area contributed by atoms with Crippen LogP contribution in [-0.4, -0.2) is 35.6 Å². The van der Waals surface area contributed by atoms with E-state index in [1.165, 1.54) is 12.5 Å². The van der Waals surface area contributed by atoms with Crippen molar-refractivity contribution in [1.82, 2.24) is 14.5 Å². The Bertz CT molecular complexity index is 1980. The number of halogens is 1. The van der Waals surface area contributed by atoms with E-state index in [1.807, 2.05) is 91.9 Å². The number of anilines is 1. The van der Waals surface area contributed by atoms with Gasteiger partial charge >= 0.3 is 0 Å².